The molecule has 3 N–H and O–H groups in total. The van der Waals surface area contributed by atoms with Gasteiger partial charge in [-0.1, -0.05) is 33.8 Å². The number of ether oxygens (including phenoxy) is 3. The van der Waals surface area contributed by atoms with Crippen molar-refractivity contribution in [1.82, 2.24) is 5.32 Å². The highest BCUT2D eigenvalue weighted by Crippen LogP contribution is 2.36. The first-order chi connectivity index (χ1) is 13.6. The Labute approximate surface area is 167 Å². The number of aliphatic hydroxyl groups excluding tert-OH is 1. The summed E-state index contributed by atoms with van der Waals surface area (Å²) in [4.78, 5) is 35.5. The molecule has 0 saturated carbocycles. The van der Waals surface area contributed by atoms with Crippen molar-refractivity contribution < 1.29 is 33.7 Å². The van der Waals surface area contributed by atoms with Crippen molar-refractivity contribution >= 4 is 23.5 Å². The Kier molecular flexibility index (Phi) is 6.79. The minimum atomic E-state index is -2.51. The second-order valence-electron chi connectivity index (χ2n) is 7.00. The largest absolute Gasteiger partial charge is 0.451 e. The maximum Gasteiger partial charge on any atom is 0.451 e. The first kappa shape index (κ1) is 22.1. The average Bonchev–Trinajstić information content (AvgIpc) is 2.95. The number of aliphatic hydroxyl groups is 1. The zero-order valence-corrected chi connectivity index (χ0v) is 16.5. The quantitative estimate of drug-likeness (QED) is 0.419. The van der Waals surface area contributed by atoms with Gasteiger partial charge < -0.3 is 30.0 Å². The molecule has 0 bridgehead atoms. The van der Waals surface area contributed by atoms with Crippen LogP contribution in [-0.2, 0) is 23.9 Å². The van der Waals surface area contributed by atoms with Crippen LogP contribution in [0.4, 0.5) is 5.69 Å². The topological polar surface area (TPSA) is 147 Å². The van der Waals surface area contributed by atoms with Gasteiger partial charge in [-0.05, 0) is 12.1 Å². The van der Waals surface area contributed by atoms with Gasteiger partial charge in [0, 0.05) is 18.5 Å². The second-order valence-corrected chi connectivity index (χ2v) is 7.00. The summed E-state index contributed by atoms with van der Waals surface area (Å²) in [6, 6.07) is 6.21. The van der Waals surface area contributed by atoms with E-state index in [1.807, 2.05) is 19.9 Å². The first-order valence-corrected chi connectivity index (χ1v) is 9.00. The molecule has 0 aliphatic carbocycles. The Morgan fingerprint density at radius 3 is 2.38 bits per heavy atom. The number of para-hydroxylation sites is 1. The summed E-state index contributed by atoms with van der Waals surface area (Å²) in [5.74, 6) is -6.16. The number of carbonyl (C=O) groups is 3. The highest BCUT2D eigenvalue weighted by molar-refractivity contribution is 6.31. The van der Waals surface area contributed by atoms with E-state index in [0.717, 1.165) is 0 Å². The Morgan fingerprint density at radius 2 is 1.86 bits per heavy atom. The number of nitrogens with zero attached hydrogens (tertiary/aromatic N) is 1. The van der Waals surface area contributed by atoms with Gasteiger partial charge in [0.1, 0.15) is 6.07 Å². The molecule has 29 heavy (non-hydrogen) atoms. The minimum Gasteiger partial charge on any atom is -0.415 e. The highest BCUT2D eigenvalue weighted by atomic mass is 16.9. The molecule has 1 fully saturated rings. The van der Waals surface area contributed by atoms with Gasteiger partial charge in [-0.25, -0.2) is 9.59 Å². The van der Waals surface area contributed by atoms with Crippen LogP contribution >= 0.6 is 0 Å². The third-order valence-electron chi connectivity index (χ3n) is 3.93. The number of carbonyl (C=O) groups excluding carboxylic acids is 3. The van der Waals surface area contributed by atoms with E-state index in [-0.39, 0.29) is 41.4 Å². The molecule has 156 valence electrons. The average molecular weight is 405 g/mol. The fourth-order valence-corrected chi connectivity index (χ4v) is 2.33. The third kappa shape index (κ3) is 5.01. The van der Waals surface area contributed by atoms with Crippen molar-refractivity contribution in [2.45, 2.75) is 45.8 Å². The maximum atomic E-state index is 12.1. The molecular weight excluding hydrogens is 382 g/mol. The number of anilines is 1. The summed E-state index contributed by atoms with van der Waals surface area (Å²) in [6.45, 7) is 6.83. The molecule has 1 aromatic carbocycles. The fourth-order valence-electron chi connectivity index (χ4n) is 2.33. The summed E-state index contributed by atoms with van der Waals surface area (Å²) in [7, 11) is 0. The van der Waals surface area contributed by atoms with Gasteiger partial charge in [0.2, 0.25) is 5.91 Å². The lowest BCUT2D eigenvalue weighted by Gasteiger charge is -2.31. The molecule has 1 unspecified atom stereocenters. The predicted molar refractivity (Wildman–Crippen MR) is 99.3 cm³/mol. The lowest BCUT2D eigenvalue weighted by molar-refractivity contribution is -0.315. The van der Waals surface area contributed by atoms with E-state index < -0.39 is 24.0 Å². The van der Waals surface area contributed by atoms with Crippen molar-refractivity contribution in [3.8, 4) is 11.8 Å². The molecule has 1 heterocycles. The Morgan fingerprint density at radius 1 is 1.24 bits per heavy atom. The first-order valence-electron chi connectivity index (χ1n) is 9.00. The molecule has 0 radical (unpaired) electrons. The lowest BCUT2D eigenvalue weighted by atomic mass is 10.1. The number of cyclic esters (lactones) is 2. The van der Waals surface area contributed by atoms with E-state index in [1.165, 1.54) is 18.2 Å². The maximum absolute atomic E-state index is 12.1. The SMILES string of the molecule is CC(C)NCC(O)C1(Oc2c(C#N)cccc2NC(=O)C(C)C)OC(=O)C(=O)O1. The minimum absolute atomic E-state index is 0.0334. The number of esters is 2. The monoisotopic (exact) mass is 405 g/mol. The van der Waals surface area contributed by atoms with E-state index in [1.54, 1.807) is 13.8 Å². The normalized spacial score (nSPS) is 16.2. The summed E-state index contributed by atoms with van der Waals surface area (Å²) >= 11 is 0. The molecule has 1 aliphatic heterocycles. The second kappa shape index (κ2) is 8.89. The van der Waals surface area contributed by atoms with Gasteiger partial charge >= 0.3 is 17.9 Å². The van der Waals surface area contributed by atoms with Crippen molar-refractivity contribution in [2.24, 2.45) is 5.92 Å². The van der Waals surface area contributed by atoms with Crippen LogP contribution in [0.5, 0.6) is 5.75 Å². The van der Waals surface area contributed by atoms with Gasteiger partial charge in [-0.3, -0.25) is 4.79 Å². The number of amides is 1. The predicted octanol–water partition coefficient (Wildman–Crippen LogP) is 0.644. The van der Waals surface area contributed by atoms with Crippen LogP contribution in [0.1, 0.15) is 33.3 Å². The third-order valence-corrected chi connectivity index (χ3v) is 3.93. The van der Waals surface area contributed by atoms with Crippen LogP contribution in [0.25, 0.3) is 0 Å². The van der Waals surface area contributed by atoms with Crippen LogP contribution in [0.3, 0.4) is 0 Å². The summed E-state index contributed by atoms with van der Waals surface area (Å²) in [5, 5.41) is 25.5. The number of rotatable bonds is 8. The standard InChI is InChI=1S/C19H23N3O7/c1-10(2)16(24)22-13-7-5-6-12(8-20)15(13)27-19(14(23)9-21-11(3)4)28-17(25)18(26)29-19/h5-7,10-11,14,21,23H,9H2,1-4H3,(H,22,24). The molecule has 1 atom stereocenters. The fraction of sp³-hybridized carbons (Fsp3) is 0.474. The van der Waals surface area contributed by atoms with Gasteiger partial charge in [-0.15, -0.1) is 0 Å². The van der Waals surface area contributed by atoms with Gasteiger partial charge in [0.15, 0.2) is 11.9 Å². The van der Waals surface area contributed by atoms with Gasteiger partial charge in [0.05, 0.1) is 11.3 Å². The Balaban J connectivity index is 2.45. The Hall–Kier alpha value is -3.16. The van der Waals surface area contributed by atoms with Gasteiger partial charge in [-0.2, -0.15) is 5.26 Å². The van der Waals surface area contributed by atoms with Crippen molar-refractivity contribution in [3.05, 3.63) is 23.8 Å². The van der Waals surface area contributed by atoms with Crippen molar-refractivity contribution in [2.75, 3.05) is 11.9 Å². The number of nitriles is 1. The van der Waals surface area contributed by atoms with Crippen LogP contribution in [-0.4, -0.2) is 47.6 Å². The summed E-state index contributed by atoms with van der Waals surface area (Å²) in [5.41, 5.74) is 0.0547. The molecule has 1 amide bonds. The van der Waals surface area contributed by atoms with Crippen LogP contribution in [0.15, 0.2) is 18.2 Å². The Bertz CT molecular complexity index is 829. The zero-order valence-electron chi connectivity index (χ0n) is 16.5. The number of hydrogen-bond acceptors (Lipinski definition) is 9. The summed E-state index contributed by atoms with van der Waals surface area (Å²) in [6.07, 6.45) is -1.62. The van der Waals surface area contributed by atoms with Gasteiger partial charge in [0.25, 0.3) is 0 Å². The van der Waals surface area contributed by atoms with Crippen LogP contribution in [0, 0.1) is 17.2 Å². The molecule has 10 heteroatoms. The molecular formula is C19H23N3O7. The van der Waals surface area contributed by atoms with Crippen LogP contribution < -0.4 is 15.4 Å². The molecule has 1 saturated heterocycles. The number of benzene rings is 1. The van der Waals surface area contributed by atoms with Crippen molar-refractivity contribution in [1.29, 1.82) is 5.26 Å². The molecule has 1 aromatic rings. The van der Waals surface area contributed by atoms with Crippen LogP contribution in [0.2, 0.25) is 0 Å². The highest BCUT2D eigenvalue weighted by Gasteiger charge is 2.57. The molecule has 10 nitrogen and oxygen atoms in total. The number of nitrogens with one attached hydrogen (secondary N) is 2. The molecule has 1 aliphatic rings. The lowest BCUT2D eigenvalue weighted by Crippen LogP contribution is -2.54. The molecule has 2 rings (SSSR count). The summed E-state index contributed by atoms with van der Waals surface area (Å²) < 4.78 is 15.5. The molecule has 0 spiro atoms. The smallest absolute Gasteiger partial charge is 0.415 e. The van der Waals surface area contributed by atoms with E-state index in [0.29, 0.717) is 0 Å². The molecule has 0 aromatic heterocycles. The van der Waals surface area contributed by atoms with E-state index in [2.05, 4.69) is 10.6 Å². The van der Waals surface area contributed by atoms with E-state index >= 15 is 0 Å². The van der Waals surface area contributed by atoms with E-state index in [9.17, 15) is 24.8 Å². The van der Waals surface area contributed by atoms with E-state index in [4.69, 9.17) is 14.2 Å². The van der Waals surface area contributed by atoms with Crippen molar-refractivity contribution in [3.63, 3.8) is 0 Å². The zero-order chi connectivity index (χ0) is 21.8. The number of hydrogen-bond donors (Lipinski definition) is 3.